The van der Waals surface area contributed by atoms with E-state index in [0.29, 0.717) is 45.9 Å². The standard InChI is InChI=1S/C22H18N4O5S/c1-2-29-21(28)14-7-9-15(10-8-14)23-18(27)13-32-22-24-19(16-5-3-11-30-16)20(25-26-22)17-6-4-12-31-17/h3-12H,2,13H2,1H3,(H,23,27). The number of benzene rings is 1. The van der Waals surface area contributed by atoms with Crippen molar-refractivity contribution in [3.63, 3.8) is 0 Å². The summed E-state index contributed by atoms with van der Waals surface area (Å²) in [5.41, 5.74) is 1.89. The predicted octanol–water partition coefficient (Wildman–Crippen LogP) is 4.30. The number of carbonyl (C=O) groups excluding carboxylic acids is 2. The highest BCUT2D eigenvalue weighted by atomic mass is 32.2. The van der Waals surface area contributed by atoms with Crippen molar-refractivity contribution >= 4 is 29.3 Å². The lowest BCUT2D eigenvalue weighted by molar-refractivity contribution is -0.113. The Morgan fingerprint density at radius 1 is 0.969 bits per heavy atom. The van der Waals surface area contributed by atoms with Crippen LogP contribution in [0, 0.1) is 0 Å². The highest BCUT2D eigenvalue weighted by Crippen LogP contribution is 2.30. The third-order valence-electron chi connectivity index (χ3n) is 4.19. The van der Waals surface area contributed by atoms with Crippen LogP contribution in [0.15, 0.2) is 75.0 Å². The van der Waals surface area contributed by atoms with E-state index in [0.717, 1.165) is 11.8 Å². The maximum absolute atomic E-state index is 12.3. The van der Waals surface area contributed by atoms with Crippen molar-refractivity contribution < 1.29 is 23.2 Å². The van der Waals surface area contributed by atoms with Crippen LogP contribution in [-0.4, -0.2) is 39.4 Å². The Morgan fingerprint density at radius 2 is 1.66 bits per heavy atom. The molecular weight excluding hydrogens is 432 g/mol. The molecule has 162 valence electrons. The number of rotatable bonds is 8. The van der Waals surface area contributed by atoms with E-state index < -0.39 is 5.97 Å². The number of thioether (sulfide) groups is 1. The van der Waals surface area contributed by atoms with Crippen molar-refractivity contribution in [2.24, 2.45) is 0 Å². The molecule has 0 atom stereocenters. The lowest BCUT2D eigenvalue weighted by Crippen LogP contribution is -2.14. The van der Waals surface area contributed by atoms with Crippen LogP contribution in [0.2, 0.25) is 0 Å². The van der Waals surface area contributed by atoms with E-state index >= 15 is 0 Å². The number of ether oxygens (including phenoxy) is 1. The van der Waals surface area contributed by atoms with Gasteiger partial charge >= 0.3 is 5.97 Å². The molecule has 4 rings (SSSR count). The molecule has 1 amide bonds. The Kier molecular flexibility index (Phi) is 6.61. The van der Waals surface area contributed by atoms with Crippen molar-refractivity contribution in [3.05, 3.63) is 66.6 Å². The van der Waals surface area contributed by atoms with Crippen molar-refractivity contribution in [2.45, 2.75) is 12.1 Å². The quantitative estimate of drug-likeness (QED) is 0.309. The minimum Gasteiger partial charge on any atom is -0.463 e. The first-order valence-corrected chi connectivity index (χ1v) is 10.6. The molecule has 0 bridgehead atoms. The molecule has 0 saturated carbocycles. The number of furan rings is 2. The molecule has 0 radical (unpaired) electrons. The fourth-order valence-corrected chi connectivity index (χ4v) is 3.35. The molecule has 0 unspecified atom stereocenters. The van der Waals surface area contributed by atoms with Gasteiger partial charge in [-0.2, -0.15) is 0 Å². The second-order valence-corrected chi connectivity index (χ2v) is 7.32. The smallest absolute Gasteiger partial charge is 0.338 e. The Hall–Kier alpha value is -3.92. The summed E-state index contributed by atoms with van der Waals surface area (Å²) < 4.78 is 15.8. The van der Waals surface area contributed by atoms with Gasteiger partial charge in [0, 0.05) is 5.69 Å². The lowest BCUT2D eigenvalue weighted by Gasteiger charge is -2.07. The number of aromatic nitrogens is 3. The molecule has 1 N–H and O–H groups in total. The summed E-state index contributed by atoms with van der Waals surface area (Å²) in [5.74, 6) is 0.434. The van der Waals surface area contributed by atoms with E-state index in [1.807, 2.05) is 0 Å². The monoisotopic (exact) mass is 450 g/mol. The molecule has 32 heavy (non-hydrogen) atoms. The Balaban J connectivity index is 1.42. The molecule has 0 aliphatic carbocycles. The van der Waals surface area contributed by atoms with Crippen molar-refractivity contribution in [1.82, 2.24) is 15.2 Å². The van der Waals surface area contributed by atoms with Crippen molar-refractivity contribution in [3.8, 4) is 22.9 Å². The first kappa shape index (κ1) is 21.3. The van der Waals surface area contributed by atoms with Gasteiger partial charge in [0.1, 0.15) is 5.69 Å². The Bertz CT molecular complexity index is 1190. The normalized spacial score (nSPS) is 10.7. The summed E-state index contributed by atoms with van der Waals surface area (Å²) >= 11 is 1.14. The number of nitrogens with zero attached hydrogens (tertiary/aromatic N) is 3. The van der Waals surface area contributed by atoms with Gasteiger partial charge in [-0.1, -0.05) is 11.8 Å². The molecule has 4 aromatic rings. The molecule has 0 spiro atoms. The molecule has 0 aliphatic rings. The van der Waals surface area contributed by atoms with Crippen LogP contribution in [0.25, 0.3) is 22.9 Å². The van der Waals surface area contributed by atoms with Gasteiger partial charge in [-0.3, -0.25) is 4.79 Å². The third kappa shape index (κ3) is 5.03. The van der Waals surface area contributed by atoms with Crippen LogP contribution in [0.4, 0.5) is 5.69 Å². The SMILES string of the molecule is CCOC(=O)c1ccc(NC(=O)CSc2nnc(-c3ccco3)c(-c3ccco3)n2)cc1. The number of carbonyl (C=O) groups is 2. The summed E-state index contributed by atoms with van der Waals surface area (Å²) in [6.45, 7) is 2.04. The first-order valence-electron chi connectivity index (χ1n) is 9.66. The third-order valence-corrected chi connectivity index (χ3v) is 5.03. The van der Waals surface area contributed by atoms with E-state index in [4.69, 9.17) is 13.6 Å². The number of amides is 1. The molecular formula is C22H18N4O5S. The van der Waals surface area contributed by atoms with E-state index in [9.17, 15) is 9.59 Å². The van der Waals surface area contributed by atoms with Crippen LogP contribution in [0.5, 0.6) is 0 Å². The van der Waals surface area contributed by atoms with E-state index in [1.165, 1.54) is 12.5 Å². The summed E-state index contributed by atoms with van der Waals surface area (Å²) in [7, 11) is 0. The molecule has 0 saturated heterocycles. The van der Waals surface area contributed by atoms with Gasteiger partial charge in [-0.05, 0) is 55.5 Å². The number of hydrogen-bond donors (Lipinski definition) is 1. The second-order valence-electron chi connectivity index (χ2n) is 6.38. The largest absolute Gasteiger partial charge is 0.463 e. The Labute approximate surface area is 187 Å². The number of hydrogen-bond acceptors (Lipinski definition) is 9. The van der Waals surface area contributed by atoms with Gasteiger partial charge in [0.2, 0.25) is 11.1 Å². The van der Waals surface area contributed by atoms with E-state index in [-0.39, 0.29) is 11.7 Å². The van der Waals surface area contributed by atoms with Crippen molar-refractivity contribution in [1.29, 1.82) is 0 Å². The molecule has 9 nitrogen and oxygen atoms in total. The highest BCUT2D eigenvalue weighted by Gasteiger charge is 2.18. The second kappa shape index (κ2) is 9.92. The fraction of sp³-hybridized carbons (Fsp3) is 0.136. The average molecular weight is 450 g/mol. The van der Waals surface area contributed by atoms with Crippen LogP contribution in [-0.2, 0) is 9.53 Å². The van der Waals surface area contributed by atoms with Gasteiger partial charge in [-0.15, -0.1) is 10.2 Å². The van der Waals surface area contributed by atoms with Gasteiger partial charge in [0.05, 0.1) is 30.4 Å². The fourth-order valence-electron chi connectivity index (χ4n) is 2.77. The minimum absolute atomic E-state index is 0.0685. The van der Waals surface area contributed by atoms with Crippen LogP contribution < -0.4 is 5.32 Å². The Morgan fingerprint density at radius 3 is 2.28 bits per heavy atom. The summed E-state index contributed by atoms with van der Waals surface area (Å²) in [6, 6.07) is 13.5. The first-order chi connectivity index (χ1) is 15.6. The van der Waals surface area contributed by atoms with Gasteiger partial charge in [0.15, 0.2) is 17.2 Å². The number of esters is 1. The summed E-state index contributed by atoms with van der Waals surface area (Å²) in [6.07, 6.45) is 3.08. The van der Waals surface area contributed by atoms with E-state index in [2.05, 4.69) is 20.5 Å². The number of anilines is 1. The highest BCUT2D eigenvalue weighted by molar-refractivity contribution is 7.99. The zero-order valence-corrected chi connectivity index (χ0v) is 17.8. The van der Waals surface area contributed by atoms with Gasteiger partial charge < -0.3 is 18.9 Å². The molecule has 0 aliphatic heterocycles. The zero-order valence-electron chi connectivity index (χ0n) is 17.0. The van der Waals surface area contributed by atoms with E-state index in [1.54, 1.807) is 55.5 Å². The number of nitrogens with one attached hydrogen (secondary N) is 1. The van der Waals surface area contributed by atoms with Crippen LogP contribution in [0.1, 0.15) is 17.3 Å². The van der Waals surface area contributed by atoms with Crippen LogP contribution >= 0.6 is 11.8 Å². The van der Waals surface area contributed by atoms with Crippen molar-refractivity contribution in [2.75, 3.05) is 17.7 Å². The maximum atomic E-state index is 12.3. The average Bonchev–Trinajstić information content (AvgIpc) is 3.53. The van der Waals surface area contributed by atoms with Gasteiger partial charge in [-0.25, -0.2) is 9.78 Å². The minimum atomic E-state index is -0.407. The molecule has 10 heteroatoms. The van der Waals surface area contributed by atoms with Crippen LogP contribution in [0.3, 0.4) is 0 Å². The molecule has 3 aromatic heterocycles. The summed E-state index contributed by atoms with van der Waals surface area (Å²) in [5, 5.41) is 11.4. The van der Waals surface area contributed by atoms with Gasteiger partial charge in [0.25, 0.3) is 0 Å². The lowest BCUT2D eigenvalue weighted by atomic mass is 10.2. The molecule has 1 aromatic carbocycles. The predicted molar refractivity (Wildman–Crippen MR) is 117 cm³/mol. The summed E-state index contributed by atoms with van der Waals surface area (Å²) in [4.78, 5) is 28.5. The maximum Gasteiger partial charge on any atom is 0.338 e. The molecule has 0 fully saturated rings. The topological polar surface area (TPSA) is 120 Å². The zero-order chi connectivity index (χ0) is 22.3. The molecule has 3 heterocycles.